The third-order valence-electron chi connectivity index (χ3n) is 1.98. The molecule has 1 aromatic carbocycles. The van der Waals surface area contributed by atoms with Crippen molar-refractivity contribution < 1.29 is 8.78 Å². The number of halogens is 2. The van der Waals surface area contributed by atoms with Gasteiger partial charge in [0.2, 0.25) is 0 Å². The van der Waals surface area contributed by atoms with Gasteiger partial charge in [-0.25, -0.2) is 8.78 Å². The maximum absolute atomic E-state index is 12.8. The van der Waals surface area contributed by atoms with Crippen molar-refractivity contribution in [1.82, 2.24) is 0 Å². The molecule has 0 N–H and O–H groups in total. The van der Waals surface area contributed by atoms with Crippen LogP contribution in [0.2, 0.25) is 25.7 Å². The first-order chi connectivity index (χ1) is 6.88. The summed E-state index contributed by atoms with van der Waals surface area (Å²) in [5.41, 5.74) is 0.715. The Morgan fingerprint density at radius 1 is 1.13 bits per heavy atom. The molecular weight excluding hydrogens is 210 g/mol. The minimum Gasteiger partial charge on any atom is -0.204 e. The Labute approximate surface area is 90.6 Å². The highest BCUT2D eigenvalue weighted by Crippen LogP contribution is 2.13. The van der Waals surface area contributed by atoms with E-state index >= 15 is 0 Å². The topological polar surface area (TPSA) is 0 Å². The third kappa shape index (κ3) is 4.38. The van der Waals surface area contributed by atoms with Crippen molar-refractivity contribution in [3.8, 4) is 0 Å². The van der Waals surface area contributed by atoms with E-state index in [2.05, 4.69) is 19.6 Å². The van der Waals surface area contributed by atoms with Crippen molar-refractivity contribution >= 4 is 14.1 Å². The Kier molecular flexibility index (Phi) is 3.80. The van der Waals surface area contributed by atoms with Gasteiger partial charge < -0.3 is 0 Å². The molecular formula is C12H16F2Si. The minimum absolute atomic E-state index is 0.715. The van der Waals surface area contributed by atoms with E-state index in [-0.39, 0.29) is 0 Å². The van der Waals surface area contributed by atoms with Crippen LogP contribution in [-0.4, -0.2) is 8.07 Å². The van der Waals surface area contributed by atoms with Crippen molar-refractivity contribution in [1.29, 1.82) is 0 Å². The predicted octanol–water partition coefficient (Wildman–Crippen LogP) is 4.32. The summed E-state index contributed by atoms with van der Waals surface area (Å²) in [7, 11) is -1.09. The Morgan fingerprint density at radius 3 is 2.33 bits per heavy atom. The van der Waals surface area contributed by atoms with E-state index in [9.17, 15) is 8.78 Å². The van der Waals surface area contributed by atoms with Crippen LogP contribution in [0.3, 0.4) is 0 Å². The highest BCUT2D eigenvalue weighted by Gasteiger charge is 2.09. The molecule has 0 unspecified atom stereocenters. The quantitative estimate of drug-likeness (QED) is 0.673. The molecule has 15 heavy (non-hydrogen) atoms. The normalized spacial score (nSPS) is 12.3. The molecule has 3 heteroatoms. The zero-order valence-corrected chi connectivity index (χ0v) is 10.3. The SMILES string of the molecule is C[Si](C)(C)C/C=C/c1ccc(F)c(F)c1. The molecule has 0 saturated carbocycles. The number of allylic oxidation sites excluding steroid dienone is 1. The summed E-state index contributed by atoms with van der Waals surface area (Å²) < 4.78 is 25.5. The van der Waals surface area contributed by atoms with Crippen LogP contribution in [0.25, 0.3) is 6.08 Å². The lowest BCUT2D eigenvalue weighted by Crippen LogP contribution is -2.17. The van der Waals surface area contributed by atoms with E-state index in [1.807, 2.05) is 12.2 Å². The molecule has 0 nitrogen and oxygen atoms in total. The summed E-state index contributed by atoms with van der Waals surface area (Å²) in [5.74, 6) is -1.58. The molecule has 1 aromatic rings. The number of hydrogen-bond donors (Lipinski definition) is 0. The summed E-state index contributed by atoms with van der Waals surface area (Å²) in [4.78, 5) is 0. The molecule has 0 aromatic heterocycles. The van der Waals surface area contributed by atoms with E-state index in [0.717, 1.165) is 12.1 Å². The molecule has 0 aliphatic heterocycles. The largest absolute Gasteiger partial charge is 0.204 e. The highest BCUT2D eigenvalue weighted by atomic mass is 28.3. The van der Waals surface area contributed by atoms with Gasteiger partial charge in [0.25, 0.3) is 0 Å². The zero-order valence-electron chi connectivity index (χ0n) is 9.35. The van der Waals surface area contributed by atoms with E-state index in [0.29, 0.717) is 5.56 Å². The predicted molar refractivity (Wildman–Crippen MR) is 63.5 cm³/mol. The molecule has 0 fully saturated rings. The van der Waals surface area contributed by atoms with Gasteiger partial charge in [-0.05, 0) is 23.7 Å². The van der Waals surface area contributed by atoms with E-state index < -0.39 is 19.7 Å². The molecule has 0 spiro atoms. The second-order valence-electron chi connectivity index (χ2n) is 4.84. The van der Waals surface area contributed by atoms with Gasteiger partial charge in [0.15, 0.2) is 11.6 Å². The van der Waals surface area contributed by atoms with Crippen LogP contribution in [-0.2, 0) is 0 Å². The van der Waals surface area contributed by atoms with Crippen LogP contribution in [0.5, 0.6) is 0 Å². The van der Waals surface area contributed by atoms with Gasteiger partial charge in [0.05, 0.1) is 0 Å². The monoisotopic (exact) mass is 226 g/mol. The van der Waals surface area contributed by atoms with Crippen LogP contribution in [0.4, 0.5) is 8.78 Å². The van der Waals surface area contributed by atoms with Gasteiger partial charge >= 0.3 is 0 Å². The van der Waals surface area contributed by atoms with Crippen molar-refractivity contribution in [2.45, 2.75) is 25.7 Å². The molecule has 82 valence electrons. The van der Waals surface area contributed by atoms with Crippen molar-refractivity contribution in [3.63, 3.8) is 0 Å². The number of hydrogen-bond acceptors (Lipinski definition) is 0. The fraction of sp³-hybridized carbons (Fsp3) is 0.333. The molecule has 1 rings (SSSR count). The average Bonchev–Trinajstić information content (AvgIpc) is 2.09. The third-order valence-corrected chi connectivity index (χ3v) is 3.44. The second-order valence-corrected chi connectivity index (χ2v) is 10.4. The minimum atomic E-state index is -1.09. The lowest BCUT2D eigenvalue weighted by molar-refractivity contribution is 0.508. The van der Waals surface area contributed by atoms with Gasteiger partial charge in [0.1, 0.15) is 0 Å². The Bertz CT molecular complexity index is 364. The van der Waals surface area contributed by atoms with Gasteiger partial charge in [-0.15, -0.1) is 0 Å². The molecule has 0 radical (unpaired) electrons. The number of benzene rings is 1. The van der Waals surface area contributed by atoms with Crippen molar-refractivity contribution in [3.05, 3.63) is 41.5 Å². The smallest absolute Gasteiger partial charge is 0.159 e. The van der Waals surface area contributed by atoms with Crippen LogP contribution >= 0.6 is 0 Å². The van der Waals surface area contributed by atoms with Crippen molar-refractivity contribution in [2.75, 3.05) is 0 Å². The lowest BCUT2D eigenvalue weighted by atomic mass is 10.2. The van der Waals surface area contributed by atoms with E-state index in [1.165, 1.54) is 6.07 Å². The summed E-state index contributed by atoms with van der Waals surface area (Å²) in [6.07, 6.45) is 3.89. The summed E-state index contributed by atoms with van der Waals surface area (Å²) in [6, 6.07) is 5.00. The highest BCUT2D eigenvalue weighted by molar-refractivity contribution is 6.76. The average molecular weight is 226 g/mol. The van der Waals surface area contributed by atoms with Gasteiger partial charge in [-0.1, -0.05) is 37.9 Å². The first-order valence-corrected chi connectivity index (χ1v) is 8.71. The lowest BCUT2D eigenvalue weighted by Gasteiger charge is -2.11. The fourth-order valence-electron chi connectivity index (χ4n) is 1.16. The first-order valence-electron chi connectivity index (χ1n) is 5.00. The van der Waals surface area contributed by atoms with Crippen LogP contribution in [0, 0.1) is 11.6 Å². The Morgan fingerprint density at radius 2 is 1.80 bits per heavy atom. The summed E-state index contributed by atoms with van der Waals surface area (Å²) in [6.45, 7) is 6.80. The van der Waals surface area contributed by atoms with Crippen LogP contribution < -0.4 is 0 Å². The van der Waals surface area contributed by atoms with Gasteiger partial charge in [-0.3, -0.25) is 0 Å². The maximum atomic E-state index is 12.8. The molecule has 0 aliphatic rings. The van der Waals surface area contributed by atoms with Crippen LogP contribution in [0.15, 0.2) is 24.3 Å². The maximum Gasteiger partial charge on any atom is 0.159 e. The van der Waals surface area contributed by atoms with E-state index in [1.54, 1.807) is 6.07 Å². The van der Waals surface area contributed by atoms with E-state index in [4.69, 9.17) is 0 Å². The van der Waals surface area contributed by atoms with Crippen molar-refractivity contribution in [2.24, 2.45) is 0 Å². The van der Waals surface area contributed by atoms with Crippen LogP contribution in [0.1, 0.15) is 5.56 Å². The molecule has 0 amide bonds. The standard InChI is InChI=1S/C12H16F2Si/c1-15(2,3)8-4-5-10-6-7-11(13)12(14)9-10/h4-7,9H,8H2,1-3H3/b5-4+. The molecule has 0 bridgehead atoms. The number of rotatable bonds is 3. The fourth-order valence-corrected chi connectivity index (χ4v) is 1.99. The molecule has 0 aliphatic carbocycles. The first kappa shape index (κ1) is 12.1. The molecule has 0 saturated heterocycles. The Hall–Kier alpha value is -0.963. The molecule has 0 atom stereocenters. The Balaban J connectivity index is 2.69. The summed E-state index contributed by atoms with van der Waals surface area (Å²) in [5, 5.41) is 0. The van der Waals surface area contributed by atoms with Gasteiger partial charge in [-0.2, -0.15) is 0 Å². The van der Waals surface area contributed by atoms with Gasteiger partial charge in [0, 0.05) is 8.07 Å². The zero-order chi connectivity index (χ0) is 11.5. The molecule has 0 heterocycles. The summed E-state index contributed by atoms with van der Waals surface area (Å²) >= 11 is 0. The second kappa shape index (κ2) is 4.70.